The fourth-order valence-electron chi connectivity index (χ4n) is 2.07. The van der Waals surface area contributed by atoms with E-state index in [2.05, 4.69) is 5.32 Å². The Labute approximate surface area is 117 Å². The number of hydrogen-bond donors (Lipinski definition) is 3. The summed E-state index contributed by atoms with van der Waals surface area (Å²) in [5.41, 5.74) is 1.25. The Balaban J connectivity index is 2.17. The minimum atomic E-state index is -0.327. The molecular weight excluding hydrogens is 254 g/mol. The second kappa shape index (κ2) is 6.10. The first kappa shape index (κ1) is 13.9. The van der Waals surface area contributed by atoms with Crippen LogP contribution < -0.4 is 5.32 Å². The summed E-state index contributed by atoms with van der Waals surface area (Å²) in [4.78, 5) is 12.2. The van der Waals surface area contributed by atoms with Crippen LogP contribution in [0.15, 0.2) is 48.5 Å². The number of benzene rings is 2. The maximum Gasteiger partial charge on any atom is 0.252 e. The van der Waals surface area contributed by atoms with Gasteiger partial charge in [-0.2, -0.15) is 0 Å². The molecular formula is C16H17NO3. The molecule has 3 N–H and O–H groups in total. The zero-order valence-corrected chi connectivity index (χ0v) is 11.2. The van der Waals surface area contributed by atoms with Gasteiger partial charge in [-0.25, -0.2) is 0 Å². The van der Waals surface area contributed by atoms with Crippen LogP contribution in [0, 0.1) is 0 Å². The first-order valence-electron chi connectivity index (χ1n) is 6.49. The van der Waals surface area contributed by atoms with E-state index in [1.165, 1.54) is 18.2 Å². The molecule has 0 saturated carbocycles. The number of amides is 1. The number of rotatable bonds is 4. The highest BCUT2D eigenvalue weighted by Crippen LogP contribution is 2.22. The number of aromatic hydroxyl groups is 2. The zero-order valence-electron chi connectivity index (χ0n) is 11.2. The smallest absolute Gasteiger partial charge is 0.252 e. The Morgan fingerprint density at radius 2 is 1.70 bits per heavy atom. The van der Waals surface area contributed by atoms with Crippen LogP contribution in [0.4, 0.5) is 0 Å². The largest absolute Gasteiger partial charge is 0.508 e. The van der Waals surface area contributed by atoms with Crippen molar-refractivity contribution in [3.05, 3.63) is 59.7 Å². The molecule has 0 spiro atoms. The summed E-state index contributed by atoms with van der Waals surface area (Å²) < 4.78 is 0. The van der Waals surface area contributed by atoms with Gasteiger partial charge in [-0.3, -0.25) is 4.79 Å². The van der Waals surface area contributed by atoms with E-state index in [-0.39, 0.29) is 29.0 Å². The molecule has 0 heterocycles. The highest BCUT2D eigenvalue weighted by molar-refractivity contribution is 5.95. The van der Waals surface area contributed by atoms with Gasteiger partial charge in [0.2, 0.25) is 0 Å². The van der Waals surface area contributed by atoms with Crippen LogP contribution in [-0.2, 0) is 0 Å². The van der Waals surface area contributed by atoms with Crippen LogP contribution in [0.3, 0.4) is 0 Å². The second-order valence-electron chi connectivity index (χ2n) is 4.58. The minimum absolute atomic E-state index is 0.104. The Bertz CT molecular complexity index is 576. The summed E-state index contributed by atoms with van der Waals surface area (Å²) in [6, 6.07) is 13.4. The molecule has 1 amide bonds. The van der Waals surface area contributed by atoms with E-state index >= 15 is 0 Å². The molecule has 0 aliphatic carbocycles. The van der Waals surface area contributed by atoms with Gasteiger partial charge in [0.15, 0.2) is 0 Å². The van der Waals surface area contributed by atoms with Gasteiger partial charge in [0.25, 0.3) is 5.91 Å². The number of phenols is 2. The van der Waals surface area contributed by atoms with Gasteiger partial charge < -0.3 is 15.5 Å². The first-order valence-corrected chi connectivity index (χ1v) is 6.49. The molecule has 4 nitrogen and oxygen atoms in total. The van der Waals surface area contributed by atoms with Gasteiger partial charge >= 0.3 is 0 Å². The highest BCUT2D eigenvalue weighted by Gasteiger charge is 2.15. The monoisotopic (exact) mass is 271 g/mol. The molecule has 0 fully saturated rings. The minimum Gasteiger partial charge on any atom is -0.508 e. The quantitative estimate of drug-likeness (QED) is 0.800. The van der Waals surface area contributed by atoms with Crippen molar-refractivity contribution in [3.63, 3.8) is 0 Å². The lowest BCUT2D eigenvalue weighted by molar-refractivity contribution is 0.0934. The highest BCUT2D eigenvalue weighted by atomic mass is 16.3. The van der Waals surface area contributed by atoms with E-state index in [1.807, 2.05) is 37.3 Å². The summed E-state index contributed by atoms with van der Waals surface area (Å²) in [5.74, 6) is -0.599. The Kier molecular flexibility index (Phi) is 4.25. The molecule has 0 bridgehead atoms. The van der Waals surface area contributed by atoms with Crippen LogP contribution in [0.1, 0.15) is 35.3 Å². The molecule has 1 unspecified atom stereocenters. The fourth-order valence-corrected chi connectivity index (χ4v) is 2.07. The lowest BCUT2D eigenvalue weighted by Crippen LogP contribution is -2.28. The number of phenolic OH excluding ortho intramolecular Hbond substituents is 2. The first-order chi connectivity index (χ1) is 9.60. The summed E-state index contributed by atoms with van der Waals surface area (Å²) in [6.07, 6.45) is 0.751. The van der Waals surface area contributed by atoms with Gasteiger partial charge in [0.1, 0.15) is 11.5 Å². The molecule has 2 rings (SSSR count). The molecule has 4 heteroatoms. The molecule has 0 aliphatic rings. The summed E-state index contributed by atoms with van der Waals surface area (Å²) >= 11 is 0. The average molecular weight is 271 g/mol. The standard InChI is InChI=1S/C16H17NO3/c1-2-15(11-6-4-3-5-7-11)17-16(20)12-8-13(18)10-14(19)9-12/h3-10,15,18-19H,2H2,1H3,(H,17,20). The second-order valence-corrected chi connectivity index (χ2v) is 4.58. The topological polar surface area (TPSA) is 69.6 Å². The van der Waals surface area contributed by atoms with Crippen molar-refractivity contribution in [2.24, 2.45) is 0 Å². The molecule has 0 aliphatic heterocycles. The van der Waals surface area contributed by atoms with Crippen molar-refractivity contribution < 1.29 is 15.0 Å². The fraction of sp³-hybridized carbons (Fsp3) is 0.188. The number of carbonyl (C=O) groups is 1. The average Bonchev–Trinajstić information content (AvgIpc) is 2.44. The van der Waals surface area contributed by atoms with Crippen molar-refractivity contribution in [3.8, 4) is 11.5 Å². The lowest BCUT2D eigenvalue weighted by Gasteiger charge is -2.17. The number of hydrogen-bond acceptors (Lipinski definition) is 3. The van der Waals surface area contributed by atoms with Crippen LogP contribution in [0.5, 0.6) is 11.5 Å². The normalized spacial score (nSPS) is 11.8. The number of carbonyl (C=O) groups excluding carboxylic acids is 1. The Hall–Kier alpha value is -2.49. The Morgan fingerprint density at radius 3 is 2.25 bits per heavy atom. The number of nitrogens with one attached hydrogen (secondary N) is 1. The van der Waals surface area contributed by atoms with E-state index in [9.17, 15) is 15.0 Å². The van der Waals surface area contributed by atoms with Crippen molar-refractivity contribution in [1.29, 1.82) is 0 Å². The summed E-state index contributed by atoms with van der Waals surface area (Å²) in [6.45, 7) is 1.98. The molecule has 0 aromatic heterocycles. The molecule has 0 radical (unpaired) electrons. The Morgan fingerprint density at radius 1 is 1.10 bits per heavy atom. The predicted molar refractivity (Wildman–Crippen MR) is 76.7 cm³/mol. The van der Waals surface area contributed by atoms with Crippen molar-refractivity contribution >= 4 is 5.91 Å². The van der Waals surface area contributed by atoms with E-state index in [1.54, 1.807) is 0 Å². The van der Waals surface area contributed by atoms with Gasteiger partial charge in [-0.15, -0.1) is 0 Å². The third-order valence-electron chi connectivity index (χ3n) is 3.08. The van der Waals surface area contributed by atoms with Crippen molar-refractivity contribution in [1.82, 2.24) is 5.32 Å². The van der Waals surface area contributed by atoms with E-state index in [4.69, 9.17) is 0 Å². The third kappa shape index (κ3) is 3.29. The van der Waals surface area contributed by atoms with Gasteiger partial charge in [-0.1, -0.05) is 37.3 Å². The molecule has 104 valence electrons. The molecule has 2 aromatic carbocycles. The molecule has 1 atom stereocenters. The van der Waals surface area contributed by atoms with Crippen molar-refractivity contribution in [2.75, 3.05) is 0 Å². The van der Waals surface area contributed by atoms with E-state index in [0.717, 1.165) is 12.0 Å². The van der Waals surface area contributed by atoms with Gasteiger partial charge in [0.05, 0.1) is 6.04 Å². The molecule has 0 saturated heterocycles. The zero-order chi connectivity index (χ0) is 14.5. The molecule has 20 heavy (non-hydrogen) atoms. The predicted octanol–water partition coefficient (Wildman–Crippen LogP) is 2.98. The van der Waals surface area contributed by atoms with E-state index < -0.39 is 0 Å². The van der Waals surface area contributed by atoms with Crippen LogP contribution in [0.2, 0.25) is 0 Å². The SMILES string of the molecule is CCC(NC(=O)c1cc(O)cc(O)c1)c1ccccc1. The third-order valence-corrected chi connectivity index (χ3v) is 3.08. The van der Waals surface area contributed by atoms with E-state index in [0.29, 0.717) is 0 Å². The van der Waals surface area contributed by atoms with Crippen molar-refractivity contribution in [2.45, 2.75) is 19.4 Å². The van der Waals surface area contributed by atoms with Crippen LogP contribution >= 0.6 is 0 Å². The van der Waals surface area contributed by atoms with Crippen LogP contribution in [-0.4, -0.2) is 16.1 Å². The van der Waals surface area contributed by atoms with Gasteiger partial charge in [0, 0.05) is 11.6 Å². The van der Waals surface area contributed by atoms with Gasteiger partial charge in [-0.05, 0) is 24.1 Å². The summed E-state index contributed by atoms with van der Waals surface area (Å²) in [7, 11) is 0. The maximum absolute atomic E-state index is 12.2. The molecule has 2 aromatic rings. The maximum atomic E-state index is 12.2. The lowest BCUT2D eigenvalue weighted by atomic mass is 10.0. The summed E-state index contributed by atoms with van der Waals surface area (Å²) in [5, 5.41) is 21.7. The van der Waals surface area contributed by atoms with Crippen LogP contribution in [0.25, 0.3) is 0 Å².